The summed E-state index contributed by atoms with van der Waals surface area (Å²) in [6, 6.07) is 6.26. The van der Waals surface area contributed by atoms with Crippen LogP contribution in [0.2, 0.25) is 0 Å². The number of imidazole rings is 1. The molecule has 1 aliphatic rings. The Morgan fingerprint density at radius 3 is 2.78 bits per heavy atom. The number of benzene rings is 1. The van der Waals surface area contributed by atoms with Crippen LogP contribution in [0, 0.1) is 0 Å². The van der Waals surface area contributed by atoms with E-state index in [0.717, 1.165) is 23.9 Å². The van der Waals surface area contributed by atoms with Crippen LogP contribution in [0.15, 0.2) is 23.0 Å². The Hall–Kier alpha value is -1.55. The lowest BCUT2D eigenvalue weighted by Gasteiger charge is -2.27. The van der Waals surface area contributed by atoms with E-state index in [9.17, 15) is 4.79 Å². The quantitative estimate of drug-likeness (QED) is 0.844. The highest BCUT2D eigenvalue weighted by Crippen LogP contribution is 2.40. The SMILES string of the molecule is Cn1c(=O)[nH]c2cc(C3(CN)CCCC3)ccc21. The van der Waals surface area contributed by atoms with Crippen molar-refractivity contribution < 1.29 is 0 Å². The van der Waals surface area contributed by atoms with Crippen molar-refractivity contribution in [3.05, 3.63) is 34.2 Å². The fraction of sp³-hybridized carbons (Fsp3) is 0.500. The predicted octanol–water partition coefficient (Wildman–Crippen LogP) is 1.64. The Kier molecular flexibility index (Phi) is 2.55. The molecule has 4 heteroatoms. The number of aromatic nitrogens is 2. The van der Waals surface area contributed by atoms with Gasteiger partial charge in [-0.05, 0) is 30.5 Å². The van der Waals surface area contributed by atoms with Crippen LogP contribution >= 0.6 is 0 Å². The molecule has 0 spiro atoms. The summed E-state index contributed by atoms with van der Waals surface area (Å²) >= 11 is 0. The van der Waals surface area contributed by atoms with Gasteiger partial charge in [0.05, 0.1) is 11.0 Å². The van der Waals surface area contributed by atoms with Crippen LogP contribution in [0.3, 0.4) is 0 Å². The minimum atomic E-state index is -0.0598. The first kappa shape index (κ1) is 11.5. The summed E-state index contributed by atoms with van der Waals surface area (Å²) < 4.78 is 1.64. The van der Waals surface area contributed by atoms with Crippen molar-refractivity contribution in [3.63, 3.8) is 0 Å². The van der Waals surface area contributed by atoms with Crippen molar-refractivity contribution in [1.82, 2.24) is 9.55 Å². The van der Waals surface area contributed by atoms with E-state index in [1.54, 1.807) is 11.6 Å². The van der Waals surface area contributed by atoms with Gasteiger partial charge in [-0.3, -0.25) is 4.57 Å². The molecule has 3 rings (SSSR count). The number of aryl methyl sites for hydroxylation is 1. The standard InChI is InChI=1S/C14H19N3O/c1-17-12-5-4-10(8-11(12)16-13(17)18)14(9-15)6-2-3-7-14/h4-5,8H,2-3,6-7,9,15H2,1H3,(H,16,18). The number of H-pyrrole nitrogens is 1. The van der Waals surface area contributed by atoms with Gasteiger partial charge in [-0.25, -0.2) is 4.79 Å². The van der Waals surface area contributed by atoms with Crippen molar-refractivity contribution in [2.24, 2.45) is 12.8 Å². The summed E-state index contributed by atoms with van der Waals surface area (Å²) in [7, 11) is 1.79. The summed E-state index contributed by atoms with van der Waals surface area (Å²) in [5.41, 5.74) is 9.21. The fourth-order valence-electron chi connectivity index (χ4n) is 3.23. The third-order valence-electron chi connectivity index (χ3n) is 4.47. The van der Waals surface area contributed by atoms with Gasteiger partial charge in [0.2, 0.25) is 0 Å². The molecule has 0 aliphatic heterocycles. The van der Waals surface area contributed by atoms with Crippen molar-refractivity contribution in [2.45, 2.75) is 31.1 Å². The first-order chi connectivity index (χ1) is 8.66. The first-order valence-corrected chi connectivity index (χ1v) is 6.56. The van der Waals surface area contributed by atoms with Gasteiger partial charge in [0.25, 0.3) is 0 Å². The topological polar surface area (TPSA) is 63.8 Å². The van der Waals surface area contributed by atoms with Gasteiger partial charge in [-0.15, -0.1) is 0 Å². The van der Waals surface area contributed by atoms with E-state index < -0.39 is 0 Å². The number of nitrogens with zero attached hydrogens (tertiary/aromatic N) is 1. The summed E-state index contributed by atoms with van der Waals surface area (Å²) in [6.45, 7) is 0.690. The van der Waals surface area contributed by atoms with Crippen molar-refractivity contribution in [3.8, 4) is 0 Å². The minimum Gasteiger partial charge on any atom is -0.330 e. The summed E-state index contributed by atoms with van der Waals surface area (Å²) in [5.74, 6) is 0. The van der Waals surface area contributed by atoms with Gasteiger partial charge < -0.3 is 10.7 Å². The smallest absolute Gasteiger partial charge is 0.326 e. The number of nitrogens with two attached hydrogens (primary N) is 1. The molecule has 1 saturated carbocycles. The first-order valence-electron chi connectivity index (χ1n) is 6.56. The molecule has 1 fully saturated rings. The lowest BCUT2D eigenvalue weighted by atomic mass is 9.79. The Morgan fingerprint density at radius 1 is 1.39 bits per heavy atom. The number of fused-ring (bicyclic) bond motifs is 1. The second kappa shape index (κ2) is 3.99. The van der Waals surface area contributed by atoms with E-state index in [1.165, 1.54) is 18.4 Å². The minimum absolute atomic E-state index is 0.0598. The van der Waals surface area contributed by atoms with E-state index in [-0.39, 0.29) is 11.1 Å². The average molecular weight is 245 g/mol. The van der Waals surface area contributed by atoms with Gasteiger partial charge in [0.15, 0.2) is 0 Å². The normalized spacial score (nSPS) is 18.6. The van der Waals surface area contributed by atoms with Gasteiger partial charge in [0, 0.05) is 19.0 Å². The monoisotopic (exact) mass is 245 g/mol. The molecular formula is C14H19N3O. The summed E-state index contributed by atoms with van der Waals surface area (Å²) in [5, 5.41) is 0. The highest BCUT2D eigenvalue weighted by molar-refractivity contribution is 5.76. The molecule has 2 aromatic rings. The van der Waals surface area contributed by atoms with Crippen LogP contribution in [0.4, 0.5) is 0 Å². The van der Waals surface area contributed by atoms with Gasteiger partial charge >= 0.3 is 5.69 Å². The lowest BCUT2D eigenvalue weighted by Crippen LogP contribution is -2.31. The van der Waals surface area contributed by atoms with Crippen molar-refractivity contribution >= 4 is 11.0 Å². The van der Waals surface area contributed by atoms with Gasteiger partial charge in [0.1, 0.15) is 0 Å². The number of rotatable bonds is 2. The zero-order valence-corrected chi connectivity index (χ0v) is 10.7. The highest BCUT2D eigenvalue weighted by atomic mass is 16.1. The van der Waals surface area contributed by atoms with Crippen LogP contribution in [-0.2, 0) is 12.5 Å². The third kappa shape index (κ3) is 1.52. The zero-order chi connectivity index (χ0) is 12.8. The van der Waals surface area contributed by atoms with E-state index in [1.807, 2.05) is 6.07 Å². The molecule has 0 atom stereocenters. The Labute approximate surface area is 106 Å². The molecule has 0 amide bonds. The summed E-state index contributed by atoms with van der Waals surface area (Å²) in [4.78, 5) is 14.5. The molecule has 0 radical (unpaired) electrons. The zero-order valence-electron chi connectivity index (χ0n) is 10.7. The predicted molar refractivity (Wildman–Crippen MR) is 72.7 cm³/mol. The van der Waals surface area contributed by atoms with Crippen molar-refractivity contribution in [1.29, 1.82) is 0 Å². The number of nitrogens with one attached hydrogen (secondary N) is 1. The van der Waals surface area contributed by atoms with Crippen molar-refractivity contribution in [2.75, 3.05) is 6.54 Å². The maximum absolute atomic E-state index is 11.6. The highest BCUT2D eigenvalue weighted by Gasteiger charge is 2.34. The molecule has 0 unspecified atom stereocenters. The van der Waals surface area contributed by atoms with Crippen LogP contribution in [0.25, 0.3) is 11.0 Å². The Balaban J connectivity index is 2.16. The lowest BCUT2D eigenvalue weighted by molar-refractivity contribution is 0.453. The largest absolute Gasteiger partial charge is 0.330 e. The van der Waals surface area contributed by atoms with E-state index >= 15 is 0 Å². The maximum Gasteiger partial charge on any atom is 0.326 e. The molecule has 0 bridgehead atoms. The van der Waals surface area contributed by atoms with E-state index in [4.69, 9.17) is 5.73 Å². The average Bonchev–Trinajstić information content (AvgIpc) is 2.96. The molecule has 96 valence electrons. The Morgan fingerprint density at radius 2 is 2.11 bits per heavy atom. The van der Waals surface area contributed by atoms with Crippen LogP contribution in [-0.4, -0.2) is 16.1 Å². The third-order valence-corrected chi connectivity index (χ3v) is 4.47. The molecule has 4 nitrogen and oxygen atoms in total. The number of hydrogen-bond acceptors (Lipinski definition) is 2. The fourth-order valence-corrected chi connectivity index (χ4v) is 3.23. The van der Waals surface area contributed by atoms with Crippen LogP contribution in [0.1, 0.15) is 31.2 Å². The Bertz CT molecular complexity index is 632. The molecular weight excluding hydrogens is 226 g/mol. The van der Waals surface area contributed by atoms with Gasteiger partial charge in [-0.1, -0.05) is 18.9 Å². The van der Waals surface area contributed by atoms with E-state index in [2.05, 4.69) is 17.1 Å². The van der Waals surface area contributed by atoms with Gasteiger partial charge in [-0.2, -0.15) is 0 Å². The maximum atomic E-state index is 11.6. The second-order valence-corrected chi connectivity index (χ2v) is 5.41. The molecule has 1 heterocycles. The second-order valence-electron chi connectivity index (χ2n) is 5.41. The van der Waals surface area contributed by atoms with Crippen LogP contribution in [0.5, 0.6) is 0 Å². The number of aromatic amines is 1. The molecule has 1 aliphatic carbocycles. The molecule has 18 heavy (non-hydrogen) atoms. The molecule has 1 aromatic carbocycles. The van der Waals surface area contributed by atoms with Crippen LogP contribution < -0.4 is 11.4 Å². The molecule has 0 saturated heterocycles. The number of hydrogen-bond donors (Lipinski definition) is 2. The summed E-state index contributed by atoms with van der Waals surface area (Å²) in [6.07, 6.45) is 4.82. The molecule has 3 N–H and O–H groups in total. The van der Waals surface area contributed by atoms with E-state index in [0.29, 0.717) is 6.54 Å². The molecule has 1 aromatic heterocycles.